The maximum absolute atomic E-state index is 11.0. The molecule has 0 aliphatic heterocycles. The summed E-state index contributed by atoms with van der Waals surface area (Å²) in [7, 11) is 0. The Bertz CT molecular complexity index is 51.4. The summed E-state index contributed by atoms with van der Waals surface area (Å²) < 4.78 is 36.8. The minimum atomic E-state index is -4.14. The molecule has 0 aromatic heterocycles. The fourth-order valence-electron chi connectivity index (χ4n) is 0.116. The van der Waals surface area contributed by atoms with E-state index in [0.717, 1.165) is 0 Å². The van der Waals surface area contributed by atoms with Crippen LogP contribution in [0.5, 0.6) is 0 Å². The molecule has 5 heteroatoms. The summed E-state index contributed by atoms with van der Waals surface area (Å²) in [5.41, 5.74) is 0. The molecule has 0 unspecified atom stereocenters. The summed E-state index contributed by atoms with van der Waals surface area (Å²) in [6, 6.07) is 0. The average molecular weight is 164 g/mol. The van der Waals surface area contributed by atoms with Crippen LogP contribution in [0.25, 0.3) is 0 Å². The topological polar surface area (TPSA) is 9.23 Å². The third kappa shape index (κ3) is 6.37. The molecule has 7 heavy (non-hydrogen) atoms. The van der Waals surface area contributed by atoms with Crippen molar-refractivity contribution < 1.29 is 35.4 Å². The molecular formula is C2H2F3OZn. The number of hydrogen-bond donors (Lipinski definition) is 0. The summed E-state index contributed by atoms with van der Waals surface area (Å²) in [6.45, 7) is -1.10. The van der Waals surface area contributed by atoms with Gasteiger partial charge >= 0.3 is 48.2 Å². The Morgan fingerprint density at radius 2 is 1.86 bits per heavy atom. The summed E-state index contributed by atoms with van der Waals surface area (Å²) in [5, 5.41) is 0. The summed E-state index contributed by atoms with van der Waals surface area (Å²) in [5.74, 6) is 0. The molecule has 0 rings (SSSR count). The maximum atomic E-state index is 11.0. The van der Waals surface area contributed by atoms with E-state index in [1.807, 2.05) is 0 Å². The van der Waals surface area contributed by atoms with Crippen LogP contribution in [0.3, 0.4) is 0 Å². The molecule has 0 spiro atoms. The molecule has 0 saturated heterocycles. The monoisotopic (exact) mass is 163 g/mol. The van der Waals surface area contributed by atoms with Crippen molar-refractivity contribution in [3.05, 3.63) is 0 Å². The first-order chi connectivity index (χ1) is 3.06. The van der Waals surface area contributed by atoms with E-state index in [1.165, 1.54) is 0 Å². The predicted octanol–water partition coefficient (Wildman–Crippen LogP) is 1.03. The van der Waals surface area contributed by atoms with E-state index in [1.54, 1.807) is 0 Å². The van der Waals surface area contributed by atoms with Gasteiger partial charge in [-0.3, -0.25) is 0 Å². The van der Waals surface area contributed by atoms with Gasteiger partial charge in [0.25, 0.3) is 0 Å². The van der Waals surface area contributed by atoms with Gasteiger partial charge in [0.1, 0.15) is 0 Å². The van der Waals surface area contributed by atoms with Crippen molar-refractivity contribution in [3.63, 3.8) is 0 Å². The summed E-state index contributed by atoms with van der Waals surface area (Å²) in [4.78, 5) is 0. The van der Waals surface area contributed by atoms with Crippen LogP contribution in [0.4, 0.5) is 13.2 Å². The molecule has 0 bridgehead atoms. The average Bonchev–Trinajstić information content (AvgIpc) is 1.30. The van der Waals surface area contributed by atoms with E-state index in [-0.39, 0.29) is 18.7 Å². The zero-order valence-corrected chi connectivity index (χ0v) is 6.42. The van der Waals surface area contributed by atoms with E-state index in [0.29, 0.717) is 0 Å². The second-order valence-corrected chi connectivity index (χ2v) is 1.82. The molecule has 0 radical (unpaired) electrons. The first-order valence-corrected chi connectivity index (χ1v) is 2.71. The molecule has 0 N–H and O–H groups in total. The SMILES string of the molecule is FC(F)(F)C[O][Zn]. The van der Waals surface area contributed by atoms with Crippen LogP contribution in [-0.4, -0.2) is 12.8 Å². The Morgan fingerprint density at radius 1 is 1.43 bits per heavy atom. The van der Waals surface area contributed by atoms with Crippen LogP contribution >= 0.6 is 0 Å². The zero-order chi connectivity index (χ0) is 5.91. The van der Waals surface area contributed by atoms with Gasteiger partial charge in [0.15, 0.2) is 0 Å². The van der Waals surface area contributed by atoms with Crippen molar-refractivity contribution in [1.82, 2.24) is 0 Å². The van der Waals surface area contributed by atoms with Crippen molar-refractivity contribution >= 4 is 0 Å². The molecular weight excluding hydrogens is 162 g/mol. The molecule has 0 aromatic rings. The van der Waals surface area contributed by atoms with Crippen LogP contribution in [0.1, 0.15) is 0 Å². The van der Waals surface area contributed by atoms with Gasteiger partial charge < -0.3 is 0 Å². The van der Waals surface area contributed by atoms with E-state index >= 15 is 0 Å². The van der Waals surface area contributed by atoms with Gasteiger partial charge in [-0.25, -0.2) is 0 Å². The predicted molar refractivity (Wildman–Crippen MR) is 12.0 cm³/mol. The van der Waals surface area contributed by atoms with Crippen molar-refractivity contribution in [2.75, 3.05) is 6.61 Å². The molecule has 0 saturated carbocycles. The van der Waals surface area contributed by atoms with E-state index < -0.39 is 12.8 Å². The first kappa shape index (κ1) is 7.37. The van der Waals surface area contributed by atoms with Crippen LogP contribution in [0, 0.1) is 0 Å². The van der Waals surface area contributed by atoms with Crippen molar-refractivity contribution in [2.45, 2.75) is 6.18 Å². The Kier molecular flexibility index (Phi) is 2.76. The molecule has 0 aliphatic rings. The molecule has 0 aliphatic carbocycles. The van der Waals surface area contributed by atoms with E-state index in [9.17, 15) is 13.2 Å². The standard InChI is InChI=1S/C2H2F3O.Zn/c3-2(4,5)1-6;/h1H2;/q-1;+1. The van der Waals surface area contributed by atoms with Gasteiger partial charge in [-0.1, -0.05) is 0 Å². The Hall–Kier alpha value is 0.373. The van der Waals surface area contributed by atoms with Gasteiger partial charge in [-0.05, 0) is 0 Å². The van der Waals surface area contributed by atoms with E-state index in [2.05, 4.69) is 3.56 Å². The third-order valence-corrected chi connectivity index (χ3v) is 0.694. The third-order valence-electron chi connectivity index (χ3n) is 0.266. The Labute approximate surface area is 48.9 Å². The number of halogens is 3. The fraction of sp³-hybridized carbons (Fsp3) is 1.00. The summed E-state index contributed by atoms with van der Waals surface area (Å²) in [6.07, 6.45) is -4.14. The van der Waals surface area contributed by atoms with Crippen LogP contribution < -0.4 is 0 Å². The Morgan fingerprint density at radius 3 is 1.86 bits per heavy atom. The molecule has 0 aromatic carbocycles. The van der Waals surface area contributed by atoms with Gasteiger partial charge in [0.05, 0.1) is 0 Å². The van der Waals surface area contributed by atoms with Gasteiger partial charge in [0, 0.05) is 0 Å². The molecule has 0 fully saturated rings. The van der Waals surface area contributed by atoms with Crippen LogP contribution in [-0.2, 0) is 22.2 Å². The van der Waals surface area contributed by atoms with Crippen molar-refractivity contribution in [1.29, 1.82) is 0 Å². The van der Waals surface area contributed by atoms with Gasteiger partial charge in [-0.15, -0.1) is 0 Å². The minimum absolute atomic E-state index is 0.236. The zero-order valence-electron chi connectivity index (χ0n) is 3.46. The van der Waals surface area contributed by atoms with Crippen LogP contribution in [0.2, 0.25) is 0 Å². The van der Waals surface area contributed by atoms with Crippen LogP contribution in [0.15, 0.2) is 0 Å². The number of hydrogen-bond acceptors (Lipinski definition) is 1. The van der Waals surface area contributed by atoms with Gasteiger partial charge in [0.2, 0.25) is 0 Å². The molecule has 0 heterocycles. The van der Waals surface area contributed by atoms with Gasteiger partial charge in [-0.2, -0.15) is 0 Å². The second-order valence-electron chi connectivity index (χ2n) is 0.964. The normalized spacial score (nSPS) is 12.1. The van der Waals surface area contributed by atoms with Crippen molar-refractivity contribution in [3.8, 4) is 0 Å². The summed E-state index contributed by atoms with van der Waals surface area (Å²) >= 11 is 0.236. The molecule has 0 atom stereocenters. The molecule has 0 amide bonds. The Balaban J connectivity index is 3.15. The second kappa shape index (κ2) is 2.62. The molecule has 39 valence electrons. The fourth-order valence-corrected chi connectivity index (χ4v) is 0.601. The van der Waals surface area contributed by atoms with Crippen molar-refractivity contribution in [2.24, 2.45) is 0 Å². The number of alkyl halides is 3. The number of rotatable bonds is 1. The quantitative estimate of drug-likeness (QED) is 0.526. The molecule has 1 nitrogen and oxygen atoms in total. The first-order valence-electron chi connectivity index (χ1n) is 1.50. The van der Waals surface area contributed by atoms with E-state index in [4.69, 9.17) is 0 Å².